The molecule has 0 aromatic heterocycles. The summed E-state index contributed by atoms with van der Waals surface area (Å²) in [5, 5.41) is 5.86. The predicted octanol–water partition coefficient (Wildman–Crippen LogP) is 1.71. The van der Waals surface area contributed by atoms with Crippen molar-refractivity contribution in [2.75, 3.05) is 14.1 Å². The average molecular weight is 419 g/mol. The Bertz CT molecular complexity index is 693. The largest absolute Gasteiger partial charge is 0.368 e. The second-order valence-electron chi connectivity index (χ2n) is 8.40. The molecule has 0 unspecified atom stereocenters. The lowest BCUT2D eigenvalue weighted by Gasteiger charge is -2.33. The van der Waals surface area contributed by atoms with Gasteiger partial charge in [-0.15, -0.1) is 0 Å². The van der Waals surface area contributed by atoms with E-state index in [0.717, 1.165) is 12.0 Å². The monoisotopic (exact) mass is 418 g/mol. The molecule has 1 rings (SSSR count). The third-order valence-electron chi connectivity index (χ3n) is 5.55. The zero-order valence-corrected chi connectivity index (χ0v) is 19.1. The molecule has 0 aliphatic rings. The average Bonchev–Trinajstić information content (AvgIpc) is 2.71. The highest BCUT2D eigenvalue weighted by Gasteiger charge is 2.34. The molecule has 0 aliphatic carbocycles. The van der Waals surface area contributed by atoms with Crippen molar-refractivity contribution in [3.8, 4) is 0 Å². The number of rotatable bonds is 12. The Morgan fingerprint density at radius 1 is 1.10 bits per heavy atom. The van der Waals surface area contributed by atoms with Gasteiger partial charge in [0, 0.05) is 13.5 Å². The molecule has 0 spiro atoms. The first-order valence-corrected chi connectivity index (χ1v) is 10.7. The van der Waals surface area contributed by atoms with E-state index >= 15 is 0 Å². The fraction of sp³-hybridized carbons (Fsp3) is 0.609. The molecule has 0 radical (unpaired) electrons. The Morgan fingerprint density at radius 3 is 2.17 bits per heavy atom. The third-order valence-corrected chi connectivity index (χ3v) is 5.55. The summed E-state index contributed by atoms with van der Waals surface area (Å²) < 4.78 is 0. The molecule has 7 heteroatoms. The van der Waals surface area contributed by atoms with E-state index in [4.69, 9.17) is 5.73 Å². The Hall–Kier alpha value is -2.41. The van der Waals surface area contributed by atoms with Crippen LogP contribution in [0.2, 0.25) is 0 Å². The summed E-state index contributed by atoms with van der Waals surface area (Å²) in [6.45, 7) is 7.95. The van der Waals surface area contributed by atoms with Gasteiger partial charge in [0.1, 0.15) is 12.1 Å². The van der Waals surface area contributed by atoms with Gasteiger partial charge in [-0.05, 0) is 30.9 Å². The van der Waals surface area contributed by atoms with Crippen molar-refractivity contribution >= 4 is 17.7 Å². The fourth-order valence-electron chi connectivity index (χ4n) is 3.49. The van der Waals surface area contributed by atoms with Gasteiger partial charge in [0.05, 0.1) is 6.04 Å². The number of amides is 3. The molecule has 30 heavy (non-hydrogen) atoms. The smallest absolute Gasteiger partial charge is 0.243 e. The molecular weight excluding hydrogens is 380 g/mol. The molecule has 7 nitrogen and oxygen atoms in total. The third kappa shape index (κ3) is 7.44. The zero-order valence-electron chi connectivity index (χ0n) is 19.1. The van der Waals surface area contributed by atoms with Gasteiger partial charge in [0.15, 0.2) is 0 Å². The molecule has 0 heterocycles. The normalized spacial score (nSPS) is 15.2. The van der Waals surface area contributed by atoms with Gasteiger partial charge in [0.2, 0.25) is 17.7 Å². The van der Waals surface area contributed by atoms with E-state index in [0.29, 0.717) is 12.8 Å². The SMILES string of the molecule is CC[C@H](C)[C@H](NC)C(=O)N(C)[C@@H](Cc1ccccc1)C(=O)N[C@@H](CC(C)C)C(N)=O. The minimum atomic E-state index is -0.770. The molecular formula is C23H38N4O3. The van der Waals surface area contributed by atoms with Gasteiger partial charge in [0.25, 0.3) is 0 Å². The lowest BCUT2D eigenvalue weighted by Crippen LogP contribution is -2.57. The van der Waals surface area contributed by atoms with Crippen LogP contribution < -0.4 is 16.4 Å². The molecule has 1 aromatic rings. The van der Waals surface area contributed by atoms with Crippen molar-refractivity contribution in [1.82, 2.24) is 15.5 Å². The standard InChI is InChI=1S/C23H38N4O3/c1-7-16(4)20(25-5)23(30)27(6)19(14-17-11-9-8-10-12-17)22(29)26-18(21(24)28)13-15(2)3/h8-12,15-16,18-20,25H,7,13-14H2,1-6H3,(H2,24,28)(H,26,29)/t16-,18-,19-,20-/m0/s1. The summed E-state index contributed by atoms with van der Waals surface area (Å²) in [6.07, 6.45) is 1.63. The summed E-state index contributed by atoms with van der Waals surface area (Å²) in [5.74, 6) is -0.795. The maximum absolute atomic E-state index is 13.2. The molecule has 0 bridgehead atoms. The van der Waals surface area contributed by atoms with Crippen LogP contribution in [0.25, 0.3) is 0 Å². The van der Waals surface area contributed by atoms with Crippen molar-refractivity contribution in [2.45, 2.75) is 65.1 Å². The van der Waals surface area contributed by atoms with Gasteiger partial charge in [-0.1, -0.05) is 64.4 Å². The molecule has 4 N–H and O–H groups in total. The number of primary amides is 1. The quantitative estimate of drug-likeness (QED) is 0.480. The maximum atomic E-state index is 13.2. The van der Waals surface area contributed by atoms with Crippen LogP contribution in [0.15, 0.2) is 30.3 Å². The van der Waals surface area contributed by atoms with Gasteiger partial charge in [-0.3, -0.25) is 14.4 Å². The second-order valence-corrected chi connectivity index (χ2v) is 8.40. The lowest BCUT2D eigenvalue weighted by atomic mass is 9.96. The van der Waals surface area contributed by atoms with Crippen LogP contribution in [0.3, 0.4) is 0 Å². The lowest BCUT2D eigenvalue weighted by molar-refractivity contribution is -0.142. The van der Waals surface area contributed by atoms with Crippen molar-refractivity contribution in [3.05, 3.63) is 35.9 Å². The molecule has 1 aromatic carbocycles. The van der Waals surface area contributed by atoms with Crippen LogP contribution in [0, 0.1) is 11.8 Å². The van der Waals surface area contributed by atoms with Gasteiger partial charge in [-0.2, -0.15) is 0 Å². The highest BCUT2D eigenvalue weighted by Crippen LogP contribution is 2.15. The maximum Gasteiger partial charge on any atom is 0.243 e. The van der Waals surface area contributed by atoms with Crippen LogP contribution in [0.5, 0.6) is 0 Å². The molecule has 0 fully saturated rings. The first-order chi connectivity index (χ1) is 14.1. The summed E-state index contributed by atoms with van der Waals surface area (Å²) in [4.78, 5) is 39.8. The van der Waals surface area contributed by atoms with Crippen molar-refractivity contribution in [1.29, 1.82) is 0 Å². The first kappa shape index (κ1) is 25.6. The number of benzene rings is 1. The van der Waals surface area contributed by atoms with Crippen molar-refractivity contribution in [2.24, 2.45) is 17.6 Å². The van der Waals surface area contributed by atoms with Crippen LogP contribution >= 0.6 is 0 Å². The molecule has 0 saturated carbocycles. The number of nitrogens with two attached hydrogens (primary N) is 1. The number of nitrogens with one attached hydrogen (secondary N) is 2. The molecule has 0 saturated heterocycles. The van der Waals surface area contributed by atoms with Crippen LogP contribution in [0.1, 0.15) is 46.1 Å². The number of carbonyl (C=O) groups is 3. The summed E-state index contributed by atoms with van der Waals surface area (Å²) >= 11 is 0. The highest BCUT2D eigenvalue weighted by molar-refractivity contribution is 5.92. The summed E-state index contributed by atoms with van der Waals surface area (Å²) in [6, 6.07) is 7.61. The topological polar surface area (TPSA) is 105 Å². The first-order valence-electron chi connectivity index (χ1n) is 10.7. The number of nitrogens with zero attached hydrogens (tertiary/aromatic N) is 1. The minimum Gasteiger partial charge on any atom is -0.368 e. The molecule has 3 amide bonds. The molecule has 168 valence electrons. The Morgan fingerprint density at radius 2 is 1.70 bits per heavy atom. The van der Waals surface area contributed by atoms with Gasteiger partial charge in [-0.25, -0.2) is 0 Å². The Kier molecular flexibility index (Phi) is 10.5. The Labute approximate surface area is 180 Å². The van der Waals surface area contributed by atoms with E-state index in [1.54, 1.807) is 14.1 Å². The van der Waals surface area contributed by atoms with E-state index in [9.17, 15) is 14.4 Å². The minimum absolute atomic E-state index is 0.115. The Balaban J connectivity index is 3.15. The summed E-state index contributed by atoms with van der Waals surface area (Å²) in [5.41, 5.74) is 6.44. The number of likely N-dealkylation sites (N-methyl/N-ethyl adjacent to an activating group) is 2. The van der Waals surface area contributed by atoms with Crippen LogP contribution in [-0.2, 0) is 20.8 Å². The van der Waals surface area contributed by atoms with Crippen LogP contribution in [0.4, 0.5) is 0 Å². The van der Waals surface area contributed by atoms with E-state index in [1.807, 2.05) is 58.0 Å². The highest BCUT2D eigenvalue weighted by atomic mass is 16.2. The second kappa shape index (κ2) is 12.3. The van der Waals surface area contributed by atoms with E-state index in [-0.39, 0.29) is 23.7 Å². The zero-order chi connectivity index (χ0) is 22.8. The van der Waals surface area contributed by atoms with Gasteiger partial charge < -0.3 is 21.3 Å². The van der Waals surface area contributed by atoms with Crippen LogP contribution in [-0.4, -0.2) is 54.8 Å². The van der Waals surface area contributed by atoms with Crippen molar-refractivity contribution in [3.63, 3.8) is 0 Å². The number of hydrogen-bond acceptors (Lipinski definition) is 4. The molecule has 4 atom stereocenters. The fourth-order valence-corrected chi connectivity index (χ4v) is 3.49. The van der Waals surface area contributed by atoms with Gasteiger partial charge >= 0.3 is 0 Å². The number of hydrogen-bond donors (Lipinski definition) is 3. The summed E-state index contributed by atoms with van der Waals surface area (Å²) in [7, 11) is 3.39. The number of carbonyl (C=O) groups excluding carboxylic acids is 3. The molecule has 0 aliphatic heterocycles. The predicted molar refractivity (Wildman–Crippen MR) is 120 cm³/mol. The van der Waals surface area contributed by atoms with Crippen molar-refractivity contribution < 1.29 is 14.4 Å². The van der Waals surface area contributed by atoms with E-state index in [1.165, 1.54) is 4.90 Å². The van der Waals surface area contributed by atoms with E-state index in [2.05, 4.69) is 10.6 Å². The van der Waals surface area contributed by atoms with E-state index < -0.39 is 24.0 Å².